The quantitative estimate of drug-likeness (QED) is 0.521. The summed E-state index contributed by atoms with van der Waals surface area (Å²) in [6, 6.07) is 5.81. The third-order valence-electron chi connectivity index (χ3n) is 2.25. The van der Waals surface area contributed by atoms with Crippen molar-refractivity contribution in [2.24, 2.45) is 0 Å². The Bertz CT molecular complexity index is 555. The van der Waals surface area contributed by atoms with Crippen LogP contribution >= 0.6 is 11.6 Å². The Labute approximate surface area is 99.5 Å². The zero-order chi connectivity index (χ0) is 12.6. The molecule has 0 aliphatic heterocycles. The van der Waals surface area contributed by atoms with Gasteiger partial charge in [-0.2, -0.15) is 0 Å². The van der Waals surface area contributed by atoms with Crippen LogP contribution in [-0.2, 0) is 0 Å². The summed E-state index contributed by atoms with van der Waals surface area (Å²) >= 11 is 5.73. The van der Waals surface area contributed by atoms with Gasteiger partial charge in [0, 0.05) is 16.7 Å². The zero-order valence-electron chi connectivity index (χ0n) is 8.28. The molecule has 2 aromatic carbocycles. The Morgan fingerprint density at radius 3 is 1.88 bits per heavy atom. The van der Waals surface area contributed by atoms with Crippen LogP contribution in [-0.4, -0.2) is 0 Å². The molecule has 0 fully saturated rings. The van der Waals surface area contributed by atoms with E-state index in [1.54, 1.807) is 0 Å². The second kappa shape index (κ2) is 4.37. The van der Waals surface area contributed by atoms with Gasteiger partial charge in [0.2, 0.25) is 0 Å². The molecule has 0 heterocycles. The van der Waals surface area contributed by atoms with E-state index in [0.29, 0.717) is 0 Å². The maximum atomic E-state index is 13.5. The van der Waals surface area contributed by atoms with Gasteiger partial charge in [-0.3, -0.25) is 0 Å². The second-order valence-corrected chi connectivity index (χ2v) is 3.73. The Balaban J connectivity index is 2.80. The first-order chi connectivity index (χ1) is 8.02. The highest BCUT2D eigenvalue weighted by atomic mass is 35.5. The molecule has 0 nitrogen and oxygen atoms in total. The number of rotatable bonds is 1. The number of hydrogen-bond acceptors (Lipinski definition) is 0. The van der Waals surface area contributed by atoms with Crippen molar-refractivity contribution in [2.75, 3.05) is 0 Å². The van der Waals surface area contributed by atoms with Crippen molar-refractivity contribution in [3.63, 3.8) is 0 Å². The molecule has 0 aliphatic carbocycles. The molecule has 5 heteroatoms. The van der Waals surface area contributed by atoms with Gasteiger partial charge in [0.15, 0.2) is 23.3 Å². The Morgan fingerprint density at radius 1 is 0.824 bits per heavy atom. The molecule has 17 heavy (non-hydrogen) atoms. The third-order valence-corrected chi connectivity index (χ3v) is 2.58. The minimum Gasteiger partial charge on any atom is -0.204 e. The highest BCUT2D eigenvalue weighted by Crippen LogP contribution is 2.33. The summed E-state index contributed by atoms with van der Waals surface area (Å²) < 4.78 is 53.0. The third kappa shape index (κ3) is 2.00. The molecule has 0 unspecified atom stereocenters. The first-order valence-corrected chi connectivity index (χ1v) is 4.98. The van der Waals surface area contributed by atoms with Crippen LogP contribution in [0.15, 0.2) is 30.3 Å². The lowest BCUT2D eigenvalue weighted by Crippen LogP contribution is -1.98. The SMILES string of the molecule is Fc1cc(F)c(F)c(-c2ccccc2Cl)c1F. The Hall–Kier alpha value is -1.55. The Morgan fingerprint density at radius 2 is 1.35 bits per heavy atom. The molecule has 0 bridgehead atoms. The standard InChI is InChI=1S/C12H5ClF4/c13-7-4-2-1-3-6(7)10-11(16)8(14)5-9(15)12(10)17/h1-5H. The second-order valence-electron chi connectivity index (χ2n) is 3.32. The lowest BCUT2D eigenvalue weighted by atomic mass is 10.0. The summed E-state index contributed by atoms with van der Waals surface area (Å²) in [5.41, 5.74) is -0.893. The highest BCUT2D eigenvalue weighted by Gasteiger charge is 2.21. The predicted octanol–water partition coefficient (Wildman–Crippen LogP) is 4.56. The van der Waals surface area contributed by atoms with Crippen molar-refractivity contribution < 1.29 is 17.6 Å². The first-order valence-electron chi connectivity index (χ1n) is 4.60. The maximum absolute atomic E-state index is 13.5. The molecular weight excluding hydrogens is 256 g/mol. The zero-order valence-corrected chi connectivity index (χ0v) is 9.03. The van der Waals surface area contributed by atoms with Crippen LogP contribution in [0.4, 0.5) is 17.6 Å². The minimum atomic E-state index is -1.46. The van der Waals surface area contributed by atoms with E-state index in [-0.39, 0.29) is 16.7 Å². The molecule has 0 N–H and O–H groups in total. The van der Waals surface area contributed by atoms with E-state index in [0.717, 1.165) is 0 Å². The van der Waals surface area contributed by atoms with Gasteiger partial charge in [-0.05, 0) is 6.07 Å². The molecule has 2 rings (SSSR count). The van der Waals surface area contributed by atoms with E-state index in [2.05, 4.69) is 0 Å². The number of hydrogen-bond donors (Lipinski definition) is 0. The molecule has 0 atom stereocenters. The van der Waals surface area contributed by atoms with E-state index < -0.39 is 28.8 Å². The molecule has 0 radical (unpaired) electrons. The molecule has 0 saturated carbocycles. The number of benzene rings is 2. The van der Waals surface area contributed by atoms with Crippen LogP contribution in [0.2, 0.25) is 5.02 Å². The molecular formula is C12H5ClF4. The van der Waals surface area contributed by atoms with Crippen molar-refractivity contribution in [3.05, 3.63) is 58.6 Å². The van der Waals surface area contributed by atoms with Crippen molar-refractivity contribution in [1.29, 1.82) is 0 Å². The summed E-state index contributed by atoms with van der Waals surface area (Å²) in [5.74, 6) is -5.84. The lowest BCUT2D eigenvalue weighted by Gasteiger charge is -2.08. The molecule has 0 saturated heterocycles. The van der Waals surface area contributed by atoms with Crippen molar-refractivity contribution in [3.8, 4) is 11.1 Å². The monoisotopic (exact) mass is 260 g/mol. The normalized spacial score (nSPS) is 10.6. The van der Waals surface area contributed by atoms with Crippen LogP contribution in [0, 0.1) is 23.3 Å². The fourth-order valence-electron chi connectivity index (χ4n) is 1.47. The molecule has 88 valence electrons. The smallest absolute Gasteiger partial charge is 0.169 e. The van der Waals surface area contributed by atoms with Crippen molar-refractivity contribution in [1.82, 2.24) is 0 Å². The summed E-state index contributed by atoms with van der Waals surface area (Å²) in [6.07, 6.45) is 0. The van der Waals surface area contributed by atoms with E-state index in [1.165, 1.54) is 24.3 Å². The average molecular weight is 261 g/mol. The van der Waals surface area contributed by atoms with E-state index >= 15 is 0 Å². The van der Waals surface area contributed by atoms with E-state index in [4.69, 9.17) is 11.6 Å². The lowest BCUT2D eigenvalue weighted by molar-refractivity contribution is 0.458. The van der Waals surface area contributed by atoms with Gasteiger partial charge in [0.25, 0.3) is 0 Å². The summed E-state index contributed by atoms with van der Waals surface area (Å²) in [4.78, 5) is 0. The van der Waals surface area contributed by atoms with Gasteiger partial charge in [0.05, 0.1) is 5.56 Å². The van der Waals surface area contributed by atoms with Gasteiger partial charge >= 0.3 is 0 Å². The van der Waals surface area contributed by atoms with Gasteiger partial charge < -0.3 is 0 Å². The van der Waals surface area contributed by atoms with Gasteiger partial charge in [-0.25, -0.2) is 17.6 Å². The molecule has 0 amide bonds. The predicted molar refractivity (Wildman–Crippen MR) is 56.7 cm³/mol. The largest absolute Gasteiger partial charge is 0.204 e. The van der Waals surface area contributed by atoms with Crippen LogP contribution in [0.5, 0.6) is 0 Å². The van der Waals surface area contributed by atoms with Crippen LogP contribution in [0.3, 0.4) is 0 Å². The molecule has 0 aliphatic rings. The maximum Gasteiger partial charge on any atom is 0.169 e. The van der Waals surface area contributed by atoms with Crippen LogP contribution in [0.1, 0.15) is 0 Å². The van der Waals surface area contributed by atoms with Gasteiger partial charge in [-0.1, -0.05) is 29.8 Å². The van der Waals surface area contributed by atoms with E-state index in [1.807, 2.05) is 0 Å². The van der Waals surface area contributed by atoms with Gasteiger partial charge in [0.1, 0.15) is 0 Å². The summed E-state index contributed by atoms with van der Waals surface area (Å²) in [7, 11) is 0. The van der Waals surface area contributed by atoms with Gasteiger partial charge in [-0.15, -0.1) is 0 Å². The van der Waals surface area contributed by atoms with E-state index in [9.17, 15) is 17.6 Å². The molecule has 0 aromatic heterocycles. The highest BCUT2D eigenvalue weighted by molar-refractivity contribution is 6.33. The van der Waals surface area contributed by atoms with Crippen LogP contribution in [0.25, 0.3) is 11.1 Å². The molecule has 0 spiro atoms. The topological polar surface area (TPSA) is 0 Å². The number of halogens is 5. The first kappa shape index (κ1) is 11.9. The molecule has 2 aromatic rings. The van der Waals surface area contributed by atoms with Crippen molar-refractivity contribution >= 4 is 11.6 Å². The average Bonchev–Trinajstić information content (AvgIpc) is 2.29. The fraction of sp³-hybridized carbons (Fsp3) is 0. The summed E-state index contributed by atoms with van der Waals surface area (Å²) in [6.45, 7) is 0. The Kier molecular flexibility index (Phi) is 3.07. The fourth-order valence-corrected chi connectivity index (χ4v) is 1.70. The van der Waals surface area contributed by atoms with Crippen LogP contribution < -0.4 is 0 Å². The summed E-state index contributed by atoms with van der Waals surface area (Å²) in [5, 5.41) is 0.00954. The minimum absolute atomic E-state index is 0.00954. The van der Waals surface area contributed by atoms with Crippen molar-refractivity contribution in [2.45, 2.75) is 0 Å².